The van der Waals surface area contributed by atoms with Crippen LogP contribution >= 0.6 is 0 Å². The second-order valence-electron chi connectivity index (χ2n) is 7.51. The smallest absolute Gasteiger partial charge is 0.423 e. The minimum absolute atomic E-state index is 0.126. The largest absolute Gasteiger partial charge is 0.457 e. The Hall–Kier alpha value is -3.98. The highest BCUT2D eigenvalue weighted by atomic mass is 19.4. The maximum Gasteiger partial charge on any atom is 0.423 e. The molecular weight excluding hydrogens is 552 g/mol. The second kappa shape index (κ2) is 9.40. The van der Waals surface area contributed by atoms with Crippen LogP contribution < -0.4 is 20.9 Å². The molecule has 0 atom stereocenters. The van der Waals surface area contributed by atoms with Crippen LogP contribution in [0.3, 0.4) is 0 Å². The van der Waals surface area contributed by atoms with Gasteiger partial charge in [-0.05, 0) is 36.4 Å². The molecular formula is C22H12F12N2O2. The van der Waals surface area contributed by atoms with E-state index in [1.807, 2.05) is 0 Å². The Bertz CT molecular complexity index is 1340. The number of rotatable bonds is 4. The van der Waals surface area contributed by atoms with Gasteiger partial charge in [-0.15, -0.1) is 0 Å². The molecule has 3 rings (SSSR count). The van der Waals surface area contributed by atoms with E-state index in [-0.39, 0.29) is 18.2 Å². The average Bonchev–Trinajstić information content (AvgIpc) is 2.70. The van der Waals surface area contributed by atoms with Crippen LogP contribution in [-0.2, 0) is 24.7 Å². The van der Waals surface area contributed by atoms with E-state index < -0.39 is 81.3 Å². The first-order valence-electron chi connectivity index (χ1n) is 9.80. The molecule has 0 saturated carbocycles. The van der Waals surface area contributed by atoms with Crippen molar-refractivity contribution in [3.63, 3.8) is 0 Å². The molecule has 0 saturated heterocycles. The molecule has 0 unspecified atom stereocenters. The van der Waals surface area contributed by atoms with E-state index in [0.717, 1.165) is 0 Å². The van der Waals surface area contributed by atoms with Gasteiger partial charge in [0.2, 0.25) is 0 Å². The number of nitrogens with two attached hydrogens (primary N) is 2. The zero-order valence-corrected chi connectivity index (χ0v) is 18.1. The van der Waals surface area contributed by atoms with Gasteiger partial charge in [-0.25, -0.2) is 0 Å². The van der Waals surface area contributed by atoms with Gasteiger partial charge in [0.25, 0.3) is 0 Å². The fourth-order valence-electron chi connectivity index (χ4n) is 3.22. The summed E-state index contributed by atoms with van der Waals surface area (Å²) in [6.07, 6.45) is -21.0. The minimum atomic E-state index is -5.62. The van der Waals surface area contributed by atoms with Crippen molar-refractivity contribution in [1.82, 2.24) is 0 Å². The third-order valence-electron chi connectivity index (χ3n) is 4.81. The Morgan fingerprint density at radius 1 is 0.474 bits per heavy atom. The van der Waals surface area contributed by atoms with Gasteiger partial charge in [-0.2, -0.15) is 52.7 Å². The van der Waals surface area contributed by atoms with Gasteiger partial charge in [0.1, 0.15) is 22.8 Å². The van der Waals surface area contributed by atoms with E-state index in [1.165, 1.54) is 0 Å². The summed E-state index contributed by atoms with van der Waals surface area (Å²) in [5, 5.41) is 0. The molecule has 3 aromatic rings. The summed E-state index contributed by atoms with van der Waals surface area (Å²) in [5.41, 5.74) is 1.58. The first-order valence-corrected chi connectivity index (χ1v) is 9.80. The predicted molar refractivity (Wildman–Crippen MR) is 108 cm³/mol. The third-order valence-corrected chi connectivity index (χ3v) is 4.81. The van der Waals surface area contributed by atoms with Crippen LogP contribution in [0.1, 0.15) is 22.3 Å². The predicted octanol–water partition coefficient (Wildman–Crippen LogP) is 8.51. The van der Waals surface area contributed by atoms with Crippen molar-refractivity contribution >= 4 is 11.4 Å². The normalized spacial score (nSPS) is 12.9. The van der Waals surface area contributed by atoms with Crippen molar-refractivity contribution in [2.45, 2.75) is 24.7 Å². The van der Waals surface area contributed by atoms with Gasteiger partial charge in [-0.3, -0.25) is 0 Å². The third kappa shape index (κ3) is 6.11. The lowest BCUT2D eigenvalue weighted by Gasteiger charge is -2.22. The lowest BCUT2D eigenvalue weighted by Crippen LogP contribution is -2.15. The molecule has 4 nitrogen and oxygen atoms in total. The number of benzene rings is 3. The van der Waals surface area contributed by atoms with E-state index in [1.54, 1.807) is 0 Å². The van der Waals surface area contributed by atoms with Crippen molar-refractivity contribution in [1.29, 1.82) is 0 Å². The number of hydrogen-bond donors (Lipinski definition) is 2. The van der Waals surface area contributed by atoms with Crippen LogP contribution in [0.5, 0.6) is 23.0 Å². The standard InChI is InChI=1S/C22H12F12N2O2/c23-19(24,25)11-3-1-9(7-14(11)35)37-16-6-5-13(21(29,30)31)18(17(16)22(32,33)34)38-10-2-4-12(15(36)8-10)20(26,27)28/h1-8H,35-36H2. The Morgan fingerprint density at radius 2 is 0.868 bits per heavy atom. The van der Waals surface area contributed by atoms with Gasteiger partial charge in [-0.1, -0.05) is 0 Å². The Labute approximate surface area is 204 Å². The van der Waals surface area contributed by atoms with Crippen LogP contribution in [0.2, 0.25) is 0 Å². The fourth-order valence-corrected chi connectivity index (χ4v) is 3.22. The summed E-state index contributed by atoms with van der Waals surface area (Å²) >= 11 is 0. The molecule has 0 radical (unpaired) electrons. The average molecular weight is 564 g/mol. The van der Waals surface area contributed by atoms with Gasteiger partial charge in [0.05, 0.1) is 16.7 Å². The molecule has 0 fully saturated rings. The molecule has 38 heavy (non-hydrogen) atoms. The Kier molecular flexibility index (Phi) is 7.07. The van der Waals surface area contributed by atoms with E-state index >= 15 is 0 Å². The van der Waals surface area contributed by atoms with Gasteiger partial charge in [0.15, 0.2) is 5.75 Å². The van der Waals surface area contributed by atoms with Crippen LogP contribution in [-0.4, -0.2) is 0 Å². The maximum absolute atomic E-state index is 14.0. The lowest BCUT2D eigenvalue weighted by molar-refractivity contribution is -0.145. The quantitative estimate of drug-likeness (QED) is 0.246. The number of hydrogen-bond acceptors (Lipinski definition) is 4. The van der Waals surface area contributed by atoms with Crippen molar-refractivity contribution < 1.29 is 62.2 Å². The van der Waals surface area contributed by atoms with Crippen molar-refractivity contribution in [3.8, 4) is 23.0 Å². The van der Waals surface area contributed by atoms with Crippen LogP contribution in [0.4, 0.5) is 64.1 Å². The summed E-state index contributed by atoms with van der Waals surface area (Å²) < 4.78 is 170. The summed E-state index contributed by atoms with van der Waals surface area (Å²) in [6.45, 7) is 0. The molecule has 4 N–H and O–H groups in total. The Morgan fingerprint density at radius 3 is 1.24 bits per heavy atom. The highest BCUT2D eigenvalue weighted by Crippen LogP contribution is 2.51. The van der Waals surface area contributed by atoms with Gasteiger partial charge >= 0.3 is 24.7 Å². The monoisotopic (exact) mass is 564 g/mol. The van der Waals surface area contributed by atoms with Crippen molar-refractivity contribution in [3.05, 3.63) is 70.8 Å². The van der Waals surface area contributed by atoms with Crippen LogP contribution in [0.15, 0.2) is 48.5 Å². The molecule has 0 bridgehead atoms. The Balaban J connectivity index is 2.18. The lowest BCUT2D eigenvalue weighted by atomic mass is 10.1. The number of alkyl halides is 12. The number of ether oxygens (including phenoxy) is 2. The summed E-state index contributed by atoms with van der Waals surface area (Å²) in [5.74, 6) is -4.85. The van der Waals surface area contributed by atoms with E-state index in [2.05, 4.69) is 0 Å². The number of anilines is 2. The molecule has 0 aromatic heterocycles. The molecule has 0 heterocycles. The molecule has 0 aliphatic carbocycles. The zero-order valence-electron chi connectivity index (χ0n) is 18.1. The molecule has 0 amide bonds. The van der Waals surface area contributed by atoms with E-state index in [4.69, 9.17) is 20.9 Å². The SMILES string of the molecule is Nc1cc(Oc2ccc(C(F)(F)F)c(Oc3ccc(C(F)(F)F)c(N)c3)c2C(F)(F)F)ccc1C(F)(F)F. The molecule has 206 valence electrons. The van der Waals surface area contributed by atoms with Crippen molar-refractivity contribution in [2.75, 3.05) is 11.5 Å². The number of nitrogen functional groups attached to an aromatic ring is 2. The topological polar surface area (TPSA) is 70.5 Å². The maximum atomic E-state index is 14.0. The first kappa shape index (κ1) is 28.6. The molecule has 0 aliphatic rings. The van der Waals surface area contributed by atoms with E-state index in [0.29, 0.717) is 30.3 Å². The first-order chi connectivity index (χ1) is 17.2. The summed E-state index contributed by atoms with van der Waals surface area (Å²) in [7, 11) is 0. The molecule has 0 spiro atoms. The van der Waals surface area contributed by atoms with Crippen LogP contribution in [0.25, 0.3) is 0 Å². The molecule has 16 heteroatoms. The summed E-state index contributed by atoms with van der Waals surface area (Å²) in [6, 6.07) is 2.93. The molecule has 3 aromatic carbocycles. The van der Waals surface area contributed by atoms with Gasteiger partial charge < -0.3 is 20.9 Å². The minimum Gasteiger partial charge on any atom is -0.457 e. The summed E-state index contributed by atoms with van der Waals surface area (Å²) in [4.78, 5) is 0. The highest BCUT2D eigenvalue weighted by Gasteiger charge is 2.45. The number of halogens is 12. The van der Waals surface area contributed by atoms with E-state index in [9.17, 15) is 52.7 Å². The highest BCUT2D eigenvalue weighted by molar-refractivity contribution is 5.59. The second-order valence-corrected chi connectivity index (χ2v) is 7.51. The van der Waals surface area contributed by atoms with Gasteiger partial charge in [0, 0.05) is 23.5 Å². The fraction of sp³-hybridized carbons (Fsp3) is 0.182. The van der Waals surface area contributed by atoms with Crippen LogP contribution in [0, 0.1) is 0 Å². The van der Waals surface area contributed by atoms with Crippen molar-refractivity contribution in [2.24, 2.45) is 0 Å². The molecule has 0 aliphatic heterocycles. The zero-order chi connectivity index (χ0) is 28.8.